The highest BCUT2D eigenvalue weighted by Gasteiger charge is 2.07. The van der Waals surface area contributed by atoms with Gasteiger partial charge in [0.05, 0.1) is 7.11 Å². The number of carbonyl (C=O) groups is 1. The molecule has 1 N–H and O–H groups in total. The smallest absolute Gasteiger partial charge is 0.251 e. The van der Waals surface area contributed by atoms with Gasteiger partial charge in [0.2, 0.25) is 0 Å². The number of para-hydroxylation sites is 1. The number of benzene rings is 2. The topological polar surface area (TPSA) is 41.6 Å². The molecule has 122 valence electrons. The molecule has 4 heteroatoms. The van der Waals surface area contributed by atoms with Crippen LogP contribution in [0.25, 0.3) is 0 Å². The van der Waals surface area contributed by atoms with Crippen LogP contribution in [-0.4, -0.2) is 32.7 Å². The standard InChI is InChI=1S/C19H24N2O2/c1-3-21(17-10-5-4-6-11-17)14-8-13-20-19(22)16-9-7-12-18(15-16)23-2/h4-7,9-12,15H,3,8,13-14H2,1-2H3,(H,20,22). The Bertz CT molecular complexity index is 614. The molecule has 0 heterocycles. The van der Waals surface area contributed by atoms with Gasteiger partial charge in [0.1, 0.15) is 5.75 Å². The van der Waals surface area contributed by atoms with E-state index >= 15 is 0 Å². The molecule has 2 aromatic rings. The van der Waals surface area contributed by atoms with Crippen LogP contribution in [0, 0.1) is 0 Å². The normalized spacial score (nSPS) is 10.2. The second kappa shape index (κ2) is 8.83. The third-order valence-electron chi connectivity index (χ3n) is 3.73. The fraction of sp³-hybridized carbons (Fsp3) is 0.316. The number of amides is 1. The second-order valence-corrected chi connectivity index (χ2v) is 5.26. The maximum Gasteiger partial charge on any atom is 0.251 e. The SMILES string of the molecule is CCN(CCCNC(=O)c1cccc(OC)c1)c1ccccc1. The summed E-state index contributed by atoms with van der Waals surface area (Å²) in [6.07, 6.45) is 0.901. The minimum absolute atomic E-state index is 0.0633. The van der Waals surface area contributed by atoms with E-state index in [1.807, 2.05) is 30.3 Å². The van der Waals surface area contributed by atoms with E-state index in [4.69, 9.17) is 4.74 Å². The second-order valence-electron chi connectivity index (χ2n) is 5.26. The average Bonchev–Trinajstić information content (AvgIpc) is 2.62. The summed E-state index contributed by atoms with van der Waals surface area (Å²) < 4.78 is 5.14. The first-order chi connectivity index (χ1) is 11.2. The van der Waals surface area contributed by atoms with Crippen LogP contribution in [0.2, 0.25) is 0 Å². The Morgan fingerprint density at radius 1 is 1.13 bits per heavy atom. The molecule has 0 saturated carbocycles. The van der Waals surface area contributed by atoms with Crippen LogP contribution in [0.4, 0.5) is 5.69 Å². The van der Waals surface area contributed by atoms with Crippen molar-refractivity contribution < 1.29 is 9.53 Å². The molecule has 2 rings (SSSR count). The molecule has 0 bridgehead atoms. The lowest BCUT2D eigenvalue weighted by Crippen LogP contribution is -2.29. The van der Waals surface area contributed by atoms with E-state index in [-0.39, 0.29) is 5.91 Å². The highest BCUT2D eigenvalue weighted by atomic mass is 16.5. The largest absolute Gasteiger partial charge is 0.497 e. The van der Waals surface area contributed by atoms with Crippen molar-refractivity contribution in [2.24, 2.45) is 0 Å². The molecule has 0 spiro atoms. The minimum atomic E-state index is -0.0633. The molecule has 0 aliphatic heterocycles. The van der Waals surface area contributed by atoms with Crippen molar-refractivity contribution in [1.82, 2.24) is 5.32 Å². The first-order valence-electron chi connectivity index (χ1n) is 7.97. The zero-order valence-corrected chi connectivity index (χ0v) is 13.8. The number of hydrogen-bond donors (Lipinski definition) is 1. The fourth-order valence-electron chi connectivity index (χ4n) is 2.45. The minimum Gasteiger partial charge on any atom is -0.497 e. The lowest BCUT2D eigenvalue weighted by molar-refractivity contribution is 0.0953. The summed E-state index contributed by atoms with van der Waals surface area (Å²) in [4.78, 5) is 14.4. The van der Waals surface area contributed by atoms with Gasteiger partial charge in [-0.15, -0.1) is 0 Å². The first-order valence-corrected chi connectivity index (χ1v) is 7.97. The van der Waals surface area contributed by atoms with Crippen molar-refractivity contribution in [3.05, 3.63) is 60.2 Å². The Morgan fingerprint density at radius 2 is 1.91 bits per heavy atom. The number of carbonyl (C=O) groups excluding carboxylic acids is 1. The third-order valence-corrected chi connectivity index (χ3v) is 3.73. The summed E-state index contributed by atoms with van der Waals surface area (Å²) in [7, 11) is 1.60. The number of ether oxygens (including phenoxy) is 1. The van der Waals surface area contributed by atoms with Crippen molar-refractivity contribution >= 4 is 11.6 Å². The highest BCUT2D eigenvalue weighted by Crippen LogP contribution is 2.13. The van der Waals surface area contributed by atoms with Crippen LogP contribution in [0.3, 0.4) is 0 Å². The molecule has 0 aliphatic rings. The predicted octanol–water partition coefficient (Wildman–Crippen LogP) is 3.34. The lowest BCUT2D eigenvalue weighted by atomic mass is 10.2. The fourth-order valence-corrected chi connectivity index (χ4v) is 2.45. The summed E-state index contributed by atoms with van der Waals surface area (Å²) in [5.41, 5.74) is 1.84. The van der Waals surface area contributed by atoms with Crippen LogP contribution in [0.1, 0.15) is 23.7 Å². The van der Waals surface area contributed by atoms with E-state index in [0.717, 1.165) is 19.5 Å². The summed E-state index contributed by atoms with van der Waals surface area (Å²) in [5, 5.41) is 2.96. The molecular formula is C19H24N2O2. The van der Waals surface area contributed by atoms with Gasteiger partial charge < -0.3 is 15.0 Å². The maximum absolute atomic E-state index is 12.1. The molecule has 0 fully saturated rings. The van der Waals surface area contributed by atoms with Gasteiger partial charge in [-0.1, -0.05) is 24.3 Å². The van der Waals surface area contributed by atoms with Gasteiger partial charge in [-0.25, -0.2) is 0 Å². The highest BCUT2D eigenvalue weighted by molar-refractivity contribution is 5.94. The summed E-state index contributed by atoms with van der Waals surface area (Å²) in [6.45, 7) is 4.66. The Morgan fingerprint density at radius 3 is 2.61 bits per heavy atom. The van der Waals surface area contributed by atoms with Crippen molar-refractivity contribution in [3.8, 4) is 5.75 Å². The molecule has 2 aromatic carbocycles. The zero-order valence-electron chi connectivity index (χ0n) is 13.8. The predicted molar refractivity (Wildman–Crippen MR) is 94.3 cm³/mol. The molecule has 23 heavy (non-hydrogen) atoms. The molecular weight excluding hydrogens is 288 g/mol. The van der Waals surface area contributed by atoms with Crippen molar-refractivity contribution in [2.75, 3.05) is 31.6 Å². The number of rotatable bonds is 8. The van der Waals surface area contributed by atoms with Gasteiger partial charge in [-0.05, 0) is 43.7 Å². The molecule has 0 saturated heterocycles. The van der Waals surface area contributed by atoms with Crippen LogP contribution in [-0.2, 0) is 0 Å². The maximum atomic E-state index is 12.1. The van der Waals surface area contributed by atoms with Gasteiger partial charge in [0.15, 0.2) is 0 Å². The van der Waals surface area contributed by atoms with Crippen molar-refractivity contribution in [2.45, 2.75) is 13.3 Å². The molecule has 1 amide bonds. The van der Waals surface area contributed by atoms with E-state index in [0.29, 0.717) is 17.9 Å². The van der Waals surface area contributed by atoms with Gasteiger partial charge in [0, 0.05) is 30.9 Å². The van der Waals surface area contributed by atoms with Crippen LogP contribution >= 0.6 is 0 Å². The monoisotopic (exact) mass is 312 g/mol. The Balaban J connectivity index is 1.79. The Labute approximate surface area is 138 Å². The Kier molecular flexibility index (Phi) is 6.48. The molecule has 0 unspecified atom stereocenters. The van der Waals surface area contributed by atoms with Gasteiger partial charge >= 0.3 is 0 Å². The van der Waals surface area contributed by atoms with E-state index < -0.39 is 0 Å². The number of anilines is 1. The number of methoxy groups -OCH3 is 1. The van der Waals surface area contributed by atoms with E-state index in [1.54, 1.807) is 19.2 Å². The third kappa shape index (κ3) is 5.02. The quantitative estimate of drug-likeness (QED) is 0.760. The van der Waals surface area contributed by atoms with Gasteiger partial charge in [-0.3, -0.25) is 4.79 Å². The van der Waals surface area contributed by atoms with E-state index in [1.165, 1.54) is 5.69 Å². The van der Waals surface area contributed by atoms with Gasteiger partial charge in [0.25, 0.3) is 5.91 Å². The lowest BCUT2D eigenvalue weighted by Gasteiger charge is -2.23. The van der Waals surface area contributed by atoms with Crippen LogP contribution < -0.4 is 15.0 Å². The Hall–Kier alpha value is -2.49. The summed E-state index contributed by atoms with van der Waals surface area (Å²) in [6, 6.07) is 17.5. The average molecular weight is 312 g/mol. The van der Waals surface area contributed by atoms with E-state index in [2.05, 4.69) is 29.3 Å². The molecule has 0 aromatic heterocycles. The number of nitrogens with one attached hydrogen (secondary N) is 1. The van der Waals surface area contributed by atoms with E-state index in [9.17, 15) is 4.79 Å². The van der Waals surface area contributed by atoms with Crippen molar-refractivity contribution in [3.63, 3.8) is 0 Å². The number of nitrogens with zero attached hydrogens (tertiary/aromatic N) is 1. The zero-order chi connectivity index (χ0) is 16.5. The first kappa shape index (κ1) is 16.9. The molecule has 0 aliphatic carbocycles. The summed E-state index contributed by atoms with van der Waals surface area (Å²) in [5.74, 6) is 0.630. The molecule has 4 nitrogen and oxygen atoms in total. The summed E-state index contributed by atoms with van der Waals surface area (Å²) >= 11 is 0. The molecule has 0 atom stereocenters. The molecule has 0 radical (unpaired) electrons. The van der Waals surface area contributed by atoms with Crippen LogP contribution in [0.15, 0.2) is 54.6 Å². The van der Waals surface area contributed by atoms with Crippen molar-refractivity contribution in [1.29, 1.82) is 0 Å². The van der Waals surface area contributed by atoms with Crippen LogP contribution in [0.5, 0.6) is 5.75 Å². The number of hydrogen-bond acceptors (Lipinski definition) is 3. The van der Waals surface area contributed by atoms with Gasteiger partial charge in [-0.2, -0.15) is 0 Å².